The van der Waals surface area contributed by atoms with Gasteiger partial charge in [0.1, 0.15) is 0 Å². The number of hydrogen-bond acceptors (Lipinski definition) is 3. The summed E-state index contributed by atoms with van der Waals surface area (Å²) in [4.78, 5) is 5.77. The van der Waals surface area contributed by atoms with Gasteiger partial charge in [0.2, 0.25) is 0 Å². The average molecular weight is 184 g/mol. The van der Waals surface area contributed by atoms with Crippen LogP contribution in [0.15, 0.2) is 0 Å². The van der Waals surface area contributed by atoms with E-state index in [1.54, 1.807) is 11.3 Å². The quantitative estimate of drug-likeness (QED) is 0.779. The van der Waals surface area contributed by atoms with E-state index >= 15 is 0 Å². The largest absolute Gasteiger partial charge is 0.309 e. The molecule has 0 aromatic carbocycles. The van der Waals surface area contributed by atoms with Crippen LogP contribution in [-0.2, 0) is 6.54 Å². The molecule has 0 atom stereocenters. The summed E-state index contributed by atoms with van der Waals surface area (Å²) >= 11 is 1.77. The Morgan fingerprint density at radius 1 is 1.42 bits per heavy atom. The first-order valence-corrected chi connectivity index (χ1v) is 5.07. The fraction of sp³-hybridized carbons (Fsp3) is 0.667. The van der Waals surface area contributed by atoms with Crippen molar-refractivity contribution >= 4 is 11.3 Å². The molecule has 0 bridgehead atoms. The molecule has 0 fully saturated rings. The smallest absolute Gasteiger partial charge is 0.0900 e. The molecule has 3 heteroatoms. The molecule has 0 radical (unpaired) electrons. The minimum Gasteiger partial charge on any atom is -0.309 e. The Bertz CT molecular complexity index is 253. The molecule has 0 saturated carbocycles. The maximum absolute atomic E-state index is 4.44. The highest BCUT2D eigenvalue weighted by atomic mass is 32.1. The molecule has 0 aliphatic carbocycles. The van der Waals surface area contributed by atoms with Gasteiger partial charge in [0, 0.05) is 17.5 Å². The highest BCUT2D eigenvalue weighted by Crippen LogP contribution is 2.15. The van der Waals surface area contributed by atoms with Gasteiger partial charge in [0.25, 0.3) is 0 Å². The van der Waals surface area contributed by atoms with E-state index in [0.29, 0.717) is 6.04 Å². The fourth-order valence-electron chi connectivity index (χ4n) is 1.04. The summed E-state index contributed by atoms with van der Waals surface area (Å²) in [5.41, 5.74) is 1.20. The summed E-state index contributed by atoms with van der Waals surface area (Å²) in [7, 11) is 0. The van der Waals surface area contributed by atoms with Gasteiger partial charge >= 0.3 is 0 Å². The zero-order valence-electron chi connectivity index (χ0n) is 8.14. The predicted octanol–water partition coefficient (Wildman–Crippen LogP) is 2.26. The van der Waals surface area contributed by atoms with Crippen molar-refractivity contribution in [3.05, 3.63) is 15.6 Å². The lowest BCUT2D eigenvalue weighted by molar-refractivity contribution is 0.581. The molecule has 1 rings (SSSR count). The van der Waals surface area contributed by atoms with E-state index in [4.69, 9.17) is 0 Å². The normalized spacial score (nSPS) is 11.1. The molecular formula is C9H16N2S. The molecule has 0 aliphatic heterocycles. The maximum Gasteiger partial charge on any atom is 0.0900 e. The van der Waals surface area contributed by atoms with Crippen molar-refractivity contribution in [2.45, 2.75) is 40.3 Å². The molecule has 1 heterocycles. The second-order valence-corrected chi connectivity index (χ2v) is 4.68. The van der Waals surface area contributed by atoms with E-state index in [-0.39, 0.29) is 0 Å². The Morgan fingerprint density at radius 2 is 2.08 bits per heavy atom. The number of aryl methyl sites for hydroxylation is 2. The lowest BCUT2D eigenvalue weighted by atomic mass is 10.3. The van der Waals surface area contributed by atoms with Gasteiger partial charge in [0.15, 0.2) is 0 Å². The summed E-state index contributed by atoms with van der Waals surface area (Å²) in [5, 5.41) is 4.52. The van der Waals surface area contributed by atoms with Gasteiger partial charge in [-0.25, -0.2) is 4.98 Å². The number of aromatic nitrogens is 1. The second kappa shape index (κ2) is 4.01. The monoisotopic (exact) mass is 184 g/mol. The van der Waals surface area contributed by atoms with Crippen LogP contribution >= 0.6 is 11.3 Å². The van der Waals surface area contributed by atoms with Gasteiger partial charge in [-0.3, -0.25) is 0 Å². The Balaban J connectivity index is 2.57. The number of nitrogens with one attached hydrogen (secondary N) is 1. The Labute approximate surface area is 78.0 Å². The average Bonchev–Trinajstić information content (AvgIpc) is 2.26. The van der Waals surface area contributed by atoms with E-state index < -0.39 is 0 Å². The summed E-state index contributed by atoms with van der Waals surface area (Å²) in [5.74, 6) is 0. The van der Waals surface area contributed by atoms with E-state index in [0.717, 1.165) is 11.6 Å². The first kappa shape index (κ1) is 9.68. The highest BCUT2D eigenvalue weighted by Gasteiger charge is 2.04. The van der Waals surface area contributed by atoms with E-state index in [1.807, 2.05) is 0 Å². The van der Waals surface area contributed by atoms with Gasteiger partial charge in [-0.2, -0.15) is 0 Å². The van der Waals surface area contributed by atoms with Crippen LogP contribution in [-0.4, -0.2) is 11.0 Å². The molecule has 0 spiro atoms. The van der Waals surface area contributed by atoms with Crippen LogP contribution in [0, 0.1) is 13.8 Å². The van der Waals surface area contributed by atoms with Crippen molar-refractivity contribution in [1.82, 2.24) is 10.3 Å². The Morgan fingerprint density at radius 3 is 2.50 bits per heavy atom. The van der Waals surface area contributed by atoms with Gasteiger partial charge in [-0.15, -0.1) is 11.3 Å². The van der Waals surface area contributed by atoms with Gasteiger partial charge < -0.3 is 5.32 Å². The third kappa shape index (κ3) is 2.57. The first-order valence-electron chi connectivity index (χ1n) is 4.26. The van der Waals surface area contributed by atoms with Crippen LogP contribution in [0.25, 0.3) is 0 Å². The van der Waals surface area contributed by atoms with Crippen molar-refractivity contribution in [2.24, 2.45) is 0 Å². The molecule has 2 nitrogen and oxygen atoms in total. The molecule has 0 amide bonds. The van der Waals surface area contributed by atoms with Gasteiger partial charge in [-0.05, 0) is 13.8 Å². The van der Waals surface area contributed by atoms with E-state index in [9.17, 15) is 0 Å². The molecule has 1 aromatic heterocycles. The number of nitrogens with zero attached hydrogens (tertiary/aromatic N) is 1. The molecule has 1 N–H and O–H groups in total. The molecule has 0 unspecified atom stereocenters. The molecule has 0 saturated heterocycles. The number of thiazole rings is 1. The van der Waals surface area contributed by atoms with Crippen molar-refractivity contribution in [3.8, 4) is 0 Å². The van der Waals surface area contributed by atoms with Crippen molar-refractivity contribution in [2.75, 3.05) is 0 Å². The highest BCUT2D eigenvalue weighted by molar-refractivity contribution is 7.11. The van der Waals surface area contributed by atoms with E-state index in [2.05, 4.69) is 38.0 Å². The minimum absolute atomic E-state index is 0.534. The minimum atomic E-state index is 0.534. The number of hydrogen-bond donors (Lipinski definition) is 1. The third-order valence-electron chi connectivity index (χ3n) is 1.68. The molecule has 12 heavy (non-hydrogen) atoms. The Kier molecular flexibility index (Phi) is 3.23. The topological polar surface area (TPSA) is 24.9 Å². The molecule has 1 aromatic rings. The van der Waals surface area contributed by atoms with Crippen LogP contribution in [0.1, 0.15) is 29.4 Å². The Hall–Kier alpha value is -0.410. The first-order chi connectivity index (χ1) is 5.59. The molecule has 0 aliphatic rings. The fourth-order valence-corrected chi connectivity index (χ4v) is 1.87. The van der Waals surface area contributed by atoms with E-state index in [1.165, 1.54) is 10.6 Å². The summed E-state index contributed by atoms with van der Waals surface area (Å²) < 4.78 is 0. The summed E-state index contributed by atoms with van der Waals surface area (Å²) in [6, 6.07) is 0.534. The maximum atomic E-state index is 4.44. The molecule has 68 valence electrons. The van der Waals surface area contributed by atoms with Gasteiger partial charge in [0.05, 0.1) is 10.7 Å². The zero-order chi connectivity index (χ0) is 9.14. The van der Waals surface area contributed by atoms with Crippen LogP contribution in [0.2, 0.25) is 0 Å². The van der Waals surface area contributed by atoms with Crippen LogP contribution in [0.4, 0.5) is 0 Å². The van der Waals surface area contributed by atoms with Crippen molar-refractivity contribution < 1.29 is 0 Å². The van der Waals surface area contributed by atoms with Crippen LogP contribution in [0.5, 0.6) is 0 Å². The second-order valence-electron chi connectivity index (χ2n) is 3.27. The lowest BCUT2D eigenvalue weighted by Crippen LogP contribution is -2.22. The third-order valence-corrected chi connectivity index (χ3v) is 2.61. The molecular weight excluding hydrogens is 168 g/mol. The SMILES string of the molecule is Cc1nc(CNC(C)C)c(C)s1. The number of rotatable bonds is 3. The lowest BCUT2D eigenvalue weighted by Gasteiger charge is -2.05. The van der Waals surface area contributed by atoms with Crippen LogP contribution in [0.3, 0.4) is 0 Å². The van der Waals surface area contributed by atoms with Crippen LogP contribution < -0.4 is 5.32 Å². The van der Waals surface area contributed by atoms with Gasteiger partial charge in [-0.1, -0.05) is 13.8 Å². The summed E-state index contributed by atoms with van der Waals surface area (Å²) in [6.07, 6.45) is 0. The van der Waals surface area contributed by atoms with Crippen molar-refractivity contribution in [3.63, 3.8) is 0 Å². The zero-order valence-corrected chi connectivity index (χ0v) is 8.96. The van der Waals surface area contributed by atoms with Crippen molar-refractivity contribution in [1.29, 1.82) is 0 Å². The summed E-state index contributed by atoms with van der Waals surface area (Å²) in [6.45, 7) is 9.37. The predicted molar refractivity (Wildman–Crippen MR) is 53.6 cm³/mol. The standard InChI is InChI=1S/C9H16N2S/c1-6(2)10-5-9-7(3)12-8(4)11-9/h6,10H,5H2,1-4H3.